The van der Waals surface area contributed by atoms with E-state index in [4.69, 9.17) is 20.9 Å². The average molecular weight is 250 g/mol. The smallest absolute Gasteiger partial charge is 0.330 e. The van der Waals surface area contributed by atoms with Crippen LogP contribution in [0.2, 0.25) is 0 Å². The van der Waals surface area contributed by atoms with Gasteiger partial charge in [-0.3, -0.25) is 0 Å². The number of ether oxygens (including phenoxy) is 2. The third kappa shape index (κ3) is 4.78. The van der Waals surface area contributed by atoms with Gasteiger partial charge in [0.25, 0.3) is 0 Å². The summed E-state index contributed by atoms with van der Waals surface area (Å²) < 4.78 is 10.3. The van der Waals surface area contributed by atoms with E-state index >= 15 is 0 Å². The van der Waals surface area contributed by atoms with Crippen LogP contribution in [0.5, 0.6) is 5.75 Å². The number of hydrogen-bond acceptors (Lipinski definition) is 5. The lowest BCUT2D eigenvalue weighted by molar-refractivity contribution is -0.137. The van der Waals surface area contributed by atoms with Crippen molar-refractivity contribution >= 4 is 17.3 Å². The van der Waals surface area contributed by atoms with Crippen molar-refractivity contribution in [3.63, 3.8) is 0 Å². The molecule has 0 aliphatic carbocycles. The van der Waals surface area contributed by atoms with Crippen molar-refractivity contribution in [2.45, 2.75) is 12.8 Å². The molecule has 0 radical (unpaired) electrons. The highest BCUT2D eigenvalue weighted by molar-refractivity contribution is 5.81. The second kappa shape index (κ2) is 7.21. The topological polar surface area (TPSA) is 87.6 Å². The van der Waals surface area contributed by atoms with Crippen LogP contribution in [0.25, 0.3) is 0 Å². The van der Waals surface area contributed by atoms with E-state index in [9.17, 15) is 4.79 Å². The predicted octanol–water partition coefficient (Wildman–Crippen LogP) is 1.74. The monoisotopic (exact) mass is 250 g/mol. The van der Waals surface area contributed by atoms with E-state index in [1.165, 1.54) is 0 Å². The van der Waals surface area contributed by atoms with Crippen LogP contribution in [-0.4, -0.2) is 19.2 Å². The number of nitrogens with two attached hydrogens (primary N) is 2. The lowest BCUT2D eigenvalue weighted by Crippen LogP contribution is -2.05. The zero-order valence-electron chi connectivity index (χ0n) is 10.2. The lowest BCUT2D eigenvalue weighted by atomic mass is 10.2. The standard InChI is InChI=1S/C13H18N2O3/c1-2-13(16)18-8-4-3-7-17-12-6-5-10(14)9-11(12)15/h2,5-6,9H,1,3-4,7-8,14-15H2. The first-order valence-electron chi connectivity index (χ1n) is 5.70. The zero-order chi connectivity index (χ0) is 13.4. The van der Waals surface area contributed by atoms with Gasteiger partial charge in [-0.2, -0.15) is 0 Å². The highest BCUT2D eigenvalue weighted by Crippen LogP contribution is 2.23. The molecule has 1 aromatic carbocycles. The van der Waals surface area contributed by atoms with Crippen LogP contribution in [0.3, 0.4) is 0 Å². The van der Waals surface area contributed by atoms with E-state index in [-0.39, 0.29) is 0 Å². The highest BCUT2D eigenvalue weighted by atomic mass is 16.5. The minimum Gasteiger partial charge on any atom is -0.491 e. The third-order valence-electron chi connectivity index (χ3n) is 2.24. The Bertz CT molecular complexity index is 419. The fraction of sp³-hybridized carbons (Fsp3) is 0.308. The average Bonchev–Trinajstić information content (AvgIpc) is 2.35. The minimum absolute atomic E-state index is 0.367. The summed E-state index contributed by atoms with van der Waals surface area (Å²) >= 11 is 0. The third-order valence-corrected chi connectivity index (χ3v) is 2.24. The molecule has 0 atom stereocenters. The highest BCUT2D eigenvalue weighted by Gasteiger charge is 2.00. The Labute approximate surface area is 106 Å². The normalized spacial score (nSPS) is 9.78. The number of unbranched alkanes of at least 4 members (excludes halogenated alkanes) is 1. The quantitative estimate of drug-likeness (QED) is 0.333. The van der Waals surface area contributed by atoms with Crippen molar-refractivity contribution in [1.82, 2.24) is 0 Å². The van der Waals surface area contributed by atoms with Crippen LogP contribution in [0, 0.1) is 0 Å². The molecule has 98 valence electrons. The molecular weight excluding hydrogens is 232 g/mol. The number of nitrogen functional groups attached to an aromatic ring is 2. The van der Waals surface area contributed by atoms with Crippen molar-refractivity contribution in [2.24, 2.45) is 0 Å². The summed E-state index contributed by atoms with van der Waals surface area (Å²) in [6.45, 7) is 4.19. The Hall–Kier alpha value is -2.17. The van der Waals surface area contributed by atoms with Crippen molar-refractivity contribution in [1.29, 1.82) is 0 Å². The van der Waals surface area contributed by atoms with Gasteiger partial charge in [-0.25, -0.2) is 4.79 Å². The van der Waals surface area contributed by atoms with Gasteiger partial charge in [-0.05, 0) is 31.0 Å². The molecule has 0 bridgehead atoms. The minimum atomic E-state index is -0.404. The second-order valence-corrected chi connectivity index (χ2v) is 3.72. The number of benzene rings is 1. The first-order chi connectivity index (χ1) is 8.63. The molecule has 1 aromatic rings. The number of carbonyl (C=O) groups excluding carboxylic acids is 1. The molecule has 0 saturated carbocycles. The van der Waals surface area contributed by atoms with Gasteiger partial charge in [0.15, 0.2) is 0 Å². The largest absolute Gasteiger partial charge is 0.491 e. The molecule has 0 aliphatic heterocycles. The van der Waals surface area contributed by atoms with Crippen LogP contribution in [0.15, 0.2) is 30.9 Å². The Morgan fingerprint density at radius 3 is 2.67 bits per heavy atom. The van der Waals surface area contributed by atoms with Crippen molar-refractivity contribution < 1.29 is 14.3 Å². The van der Waals surface area contributed by atoms with Gasteiger partial charge in [0.05, 0.1) is 18.9 Å². The Kier molecular flexibility index (Phi) is 5.57. The summed E-state index contributed by atoms with van der Waals surface area (Å²) in [7, 11) is 0. The van der Waals surface area contributed by atoms with E-state index in [2.05, 4.69) is 6.58 Å². The van der Waals surface area contributed by atoms with Crippen LogP contribution >= 0.6 is 0 Å². The van der Waals surface area contributed by atoms with Crippen LogP contribution < -0.4 is 16.2 Å². The molecule has 0 fully saturated rings. The van der Waals surface area contributed by atoms with Gasteiger partial charge >= 0.3 is 5.97 Å². The molecule has 0 saturated heterocycles. The SMILES string of the molecule is C=CC(=O)OCCCCOc1ccc(N)cc1N. The first-order valence-corrected chi connectivity index (χ1v) is 5.70. The summed E-state index contributed by atoms with van der Waals surface area (Å²) in [4.78, 5) is 10.7. The number of esters is 1. The maximum Gasteiger partial charge on any atom is 0.330 e. The second-order valence-electron chi connectivity index (χ2n) is 3.72. The fourth-order valence-corrected chi connectivity index (χ4v) is 1.32. The van der Waals surface area contributed by atoms with E-state index in [1.54, 1.807) is 18.2 Å². The van der Waals surface area contributed by atoms with Gasteiger partial charge in [-0.1, -0.05) is 6.58 Å². The number of hydrogen-bond donors (Lipinski definition) is 2. The molecule has 0 spiro atoms. The maximum absolute atomic E-state index is 10.7. The fourth-order valence-electron chi connectivity index (χ4n) is 1.32. The van der Waals surface area contributed by atoms with E-state index in [1.807, 2.05) is 0 Å². The molecule has 1 rings (SSSR count). The number of anilines is 2. The van der Waals surface area contributed by atoms with Crippen molar-refractivity contribution in [3.05, 3.63) is 30.9 Å². The summed E-state index contributed by atoms with van der Waals surface area (Å²) in [5, 5.41) is 0. The molecule has 0 aromatic heterocycles. The molecule has 0 aliphatic rings. The van der Waals surface area contributed by atoms with Gasteiger partial charge in [-0.15, -0.1) is 0 Å². The molecule has 5 heteroatoms. The molecule has 0 amide bonds. The molecular formula is C13H18N2O3. The Morgan fingerprint density at radius 2 is 2.00 bits per heavy atom. The molecule has 0 heterocycles. The first kappa shape index (κ1) is 13.9. The van der Waals surface area contributed by atoms with Crippen LogP contribution in [-0.2, 0) is 9.53 Å². The van der Waals surface area contributed by atoms with Crippen LogP contribution in [0.1, 0.15) is 12.8 Å². The van der Waals surface area contributed by atoms with Crippen molar-refractivity contribution in [2.75, 3.05) is 24.7 Å². The van der Waals surface area contributed by atoms with Crippen molar-refractivity contribution in [3.8, 4) is 5.75 Å². The summed E-state index contributed by atoms with van der Waals surface area (Å²) in [6, 6.07) is 5.13. The molecule has 4 N–H and O–H groups in total. The summed E-state index contributed by atoms with van der Waals surface area (Å²) in [5.74, 6) is 0.214. The van der Waals surface area contributed by atoms with Gasteiger partial charge < -0.3 is 20.9 Å². The number of rotatable bonds is 7. The molecule has 0 unspecified atom stereocenters. The Balaban J connectivity index is 2.18. The zero-order valence-corrected chi connectivity index (χ0v) is 10.2. The summed E-state index contributed by atoms with van der Waals surface area (Å²) in [5.41, 5.74) is 12.4. The Morgan fingerprint density at radius 1 is 1.28 bits per heavy atom. The maximum atomic E-state index is 10.7. The van der Waals surface area contributed by atoms with Gasteiger partial charge in [0.2, 0.25) is 0 Å². The lowest BCUT2D eigenvalue weighted by Gasteiger charge is -2.09. The molecule has 5 nitrogen and oxygen atoms in total. The van der Waals surface area contributed by atoms with Crippen LogP contribution in [0.4, 0.5) is 11.4 Å². The van der Waals surface area contributed by atoms with Gasteiger partial charge in [0, 0.05) is 11.8 Å². The van der Waals surface area contributed by atoms with E-state index in [0.717, 1.165) is 18.9 Å². The predicted molar refractivity (Wildman–Crippen MR) is 71.2 cm³/mol. The summed E-state index contributed by atoms with van der Waals surface area (Å²) in [6.07, 6.45) is 2.65. The van der Waals surface area contributed by atoms with E-state index in [0.29, 0.717) is 30.3 Å². The van der Waals surface area contributed by atoms with Gasteiger partial charge in [0.1, 0.15) is 5.75 Å². The number of carbonyl (C=O) groups is 1. The van der Waals surface area contributed by atoms with E-state index < -0.39 is 5.97 Å². The molecule has 18 heavy (non-hydrogen) atoms.